The van der Waals surface area contributed by atoms with Crippen LogP contribution < -0.4 is 40.0 Å². The van der Waals surface area contributed by atoms with Crippen molar-refractivity contribution < 1.29 is 44.3 Å². The van der Waals surface area contributed by atoms with E-state index >= 15 is 0 Å². The number of hydrogen-bond donors (Lipinski definition) is 1. The molecule has 0 saturated heterocycles. The Balaban J connectivity index is 0.00000256. The zero-order chi connectivity index (χ0) is 12.1. The Labute approximate surface area is 126 Å². The topological polar surface area (TPSA) is 69.2 Å². The third kappa shape index (κ3) is 5.37. The van der Waals surface area contributed by atoms with Gasteiger partial charge in [0, 0.05) is 6.08 Å². The number of carbonyl (C=O) groups is 2. The smallest absolute Gasteiger partial charge is 0.545 e. The van der Waals surface area contributed by atoms with Crippen molar-refractivity contribution in [3.8, 4) is 0 Å². The fourth-order valence-corrected chi connectivity index (χ4v) is 1.37. The summed E-state index contributed by atoms with van der Waals surface area (Å²) in [6, 6.07) is 5.17. The summed E-state index contributed by atoms with van der Waals surface area (Å²) in [5.74, 6) is -1.99. The molecule has 1 aromatic carbocycles. The van der Waals surface area contributed by atoms with Crippen LogP contribution in [-0.4, -0.2) is 11.9 Å². The summed E-state index contributed by atoms with van der Waals surface area (Å²) in [5.41, 5.74) is 1.26. The number of nitrogens with one attached hydrogen (secondary N) is 1. The number of carboxylic acids is 1. The van der Waals surface area contributed by atoms with Crippen molar-refractivity contribution in [1.29, 1.82) is 0 Å². The standard InChI is InChI=1S/C11H10ClNO3.Na/c1-7-3-2-4-8(12)11(7)13-9(14)5-6-10(15)16;/h2-6H,1H3,(H,13,14)(H,15,16);/q;+1/p-1/b6-5+;. The maximum Gasteiger partial charge on any atom is 1.00 e. The van der Waals surface area contributed by atoms with Gasteiger partial charge in [-0.05, 0) is 24.6 Å². The Morgan fingerprint density at radius 3 is 2.53 bits per heavy atom. The van der Waals surface area contributed by atoms with Crippen LogP contribution in [0.2, 0.25) is 5.02 Å². The normalized spacial score (nSPS) is 9.76. The third-order valence-electron chi connectivity index (χ3n) is 1.84. The van der Waals surface area contributed by atoms with Crippen LogP contribution in [0.4, 0.5) is 5.69 Å². The van der Waals surface area contributed by atoms with E-state index in [-0.39, 0.29) is 29.6 Å². The number of para-hydroxylation sites is 1. The first-order valence-corrected chi connectivity index (χ1v) is 4.83. The van der Waals surface area contributed by atoms with Gasteiger partial charge in [0.05, 0.1) is 16.7 Å². The van der Waals surface area contributed by atoms with Crippen LogP contribution in [0.15, 0.2) is 30.4 Å². The Hall–Kier alpha value is -0.810. The van der Waals surface area contributed by atoms with Crippen LogP contribution in [0.1, 0.15) is 5.56 Å². The molecule has 1 N–H and O–H groups in total. The third-order valence-corrected chi connectivity index (χ3v) is 2.16. The molecule has 0 radical (unpaired) electrons. The molecule has 6 heteroatoms. The predicted molar refractivity (Wildman–Crippen MR) is 59.0 cm³/mol. The van der Waals surface area contributed by atoms with Crippen molar-refractivity contribution >= 4 is 29.2 Å². The van der Waals surface area contributed by atoms with Gasteiger partial charge < -0.3 is 15.2 Å². The molecule has 0 heterocycles. The van der Waals surface area contributed by atoms with E-state index in [2.05, 4.69) is 5.32 Å². The molecule has 0 bridgehead atoms. The first-order valence-electron chi connectivity index (χ1n) is 4.46. The molecule has 0 atom stereocenters. The minimum atomic E-state index is -1.42. The number of halogens is 1. The quantitative estimate of drug-likeness (QED) is 0.501. The van der Waals surface area contributed by atoms with Gasteiger partial charge in [0.25, 0.3) is 0 Å². The molecule has 0 aromatic heterocycles. The molecular formula is C11H9ClNNaO3. The molecule has 0 spiro atoms. The molecule has 1 aromatic rings. The molecule has 0 aliphatic heterocycles. The summed E-state index contributed by atoms with van der Waals surface area (Å²) in [6.45, 7) is 1.78. The molecule has 1 rings (SSSR count). The number of amides is 1. The summed E-state index contributed by atoms with van der Waals surface area (Å²) >= 11 is 5.87. The Kier molecular flexibility index (Phi) is 7.15. The number of carbonyl (C=O) groups excluding carboxylic acids is 2. The van der Waals surface area contributed by atoms with Gasteiger partial charge in [0.15, 0.2) is 0 Å². The van der Waals surface area contributed by atoms with E-state index in [0.717, 1.165) is 11.6 Å². The van der Waals surface area contributed by atoms with Crippen LogP contribution in [0.25, 0.3) is 0 Å². The zero-order valence-electron chi connectivity index (χ0n) is 9.49. The average Bonchev–Trinajstić information content (AvgIpc) is 2.21. The molecule has 4 nitrogen and oxygen atoms in total. The van der Waals surface area contributed by atoms with Gasteiger partial charge in [-0.15, -0.1) is 0 Å². The molecular weight excluding hydrogens is 253 g/mol. The Morgan fingerprint density at radius 1 is 1.35 bits per heavy atom. The maximum absolute atomic E-state index is 11.3. The number of aliphatic carboxylic acids is 1. The van der Waals surface area contributed by atoms with Crippen LogP contribution in [-0.2, 0) is 9.59 Å². The number of aryl methyl sites for hydroxylation is 1. The number of benzene rings is 1. The SMILES string of the molecule is Cc1cccc(Cl)c1NC(=O)/C=C/C(=O)[O-].[Na+]. The zero-order valence-corrected chi connectivity index (χ0v) is 12.2. The second-order valence-corrected chi connectivity index (χ2v) is 3.48. The molecule has 0 saturated carbocycles. The number of anilines is 1. The van der Waals surface area contributed by atoms with E-state index in [9.17, 15) is 14.7 Å². The van der Waals surface area contributed by atoms with E-state index in [1.165, 1.54) is 0 Å². The van der Waals surface area contributed by atoms with Crippen LogP contribution in [0.5, 0.6) is 0 Å². The summed E-state index contributed by atoms with van der Waals surface area (Å²) in [7, 11) is 0. The first-order chi connectivity index (χ1) is 7.50. The summed E-state index contributed by atoms with van der Waals surface area (Å²) in [4.78, 5) is 21.4. The number of carboxylic acid groups (broad SMARTS) is 1. The molecule has 17 heavy (non-hydrogen) atoms. The summed E-state index contributed by atoms with van der Waals surface area (Å²) in [5, 5.41) is 13.0. The number of rotatable bonds is 3. The van der Waals surface area contributed by atoms with Crippen molar-refractivity contribution in [2.45, 2.75) is 6.92 Å². The fraction of sp³-hybridized carbons (Fsp3) is 0.0909. The van der Waals surface area contributed by atoms with Gasteiger partial charge in [-0.3, -0.25) is 4.79 Å². The van der Waals surface area contributed by atoms with Crippen LogP contribution >= 0.6 is 11.6 Å². The molecule has 0 fully saturated rings. The van der Waals surface area contributed by atoms with Gasteiger partial charge in [0.1, 0.15) is 0 Å². The van der Waals surface area contributed by atoms with Gasteiger partial charge in [-0.2, -0.15) is 0 Å². The van der Waals surface area contributed by atoms with Crippen molar-refractivity contribution in [2.24, 2.45) is 0 Å². The Morgan fingerprint density at radius 2 is 2.00 bits per heavy atom. The van der Waals surface area contributed by atoms with Crippen LogP contribution in [0, 0.1) is 6.92 Å². The van der Waals surface area contributed by atoms with E-state index in [1.807, 2.05) is 0 Å². The summed E-state index contributed by atoms with van der Waals surface area (Å²) in [6.07, 6.45) is 1.53. The van der Waals surface area contributed by atoms with Gasteiger partial charge in [-0.25, -0.2) is 0 Å². The van der Waals surface area contributed by atoms with E-state index in [0.29, 0.717) is 16.8 Å². The summed E-state index contributed by atoms with van der Waals surface area (Å²) < 4.78 is 0. The molecule has 0 aliphatic rings. The van der Waals surface area contributed by atoms with Crippen molar-refractivity contribution in [1.82, 2.24) is 0 Å². The van der Waals surface area contributed by atoms with Crippen molar-refractivity contribution in [3.05, 3.63) is 40.9 Å². The van der Waals surface area contributed by atoms with Crippen molar-refractivity contribution in [3.63, 3.8) is 0 Å². The minimum Gasteiger partial charge on any atom is -0.545 e. The van der Waals surface area contributed by atoms with Crippen LogP contribution in [0.3, 0.4) is 0 Å². The molecule has 84 valence electrons. The minimum absolute atomic E-state index is 0. The van der Waals surface area contributed by atoms with Crippen molar-refractivity contribution in [2.75, 3.05) is 5.32 Å². The largest absolute Gasteiger partial charge is 1.00 e. The van der Waals surface area contributed by atoms with E-state index in [1.54, 1.807) is 25.1 Å². The molecule has 0 unspecified atom stereocenters. The second-order valence-electron chi connectivity index (χ2n) is 3.07. The van der Waals surface area contributed by atoms with E-state index in [4.69, 9.17) is 11.6 Å². The maximum atomic E-state index is 11.3. The predicted octanol–water partition coefficient (Wildman–Crippen LogP) is -2.10. The average molecular weight is 262 g/mol. The second kappa shape index (κ2) is 7.50. The van der Waals surface area contributed by atoms with Gasteiger partial charge in [0.2, 0.25) is 5.91 Å². The molecule has 0 aliphatic carbocycles. The van der Waals surface area contributed by atoms with Gasteiger partial charge in [-0.1, -0.05) is 23.7 Å². The molecule has 1 amide bonds. The first kappa shape index (κ1) is 16.2. The van der Waals surface area contributed by atoms with E-state index < -0.39 is 11.9 Å². The fourth-order valence-electron chi connectivity index (χ4n) is 1.10. The Bertz CT molecular complexity index is 440. The monoisotopic (exact) mass is 261 g/mol. The van der Waals surface area contributed by atoms with Gasteiger partial charge >= 0.3 is 29.6 Å². The number of hydrogen-bond acceptors (Lipinski definition) is 3.